The van der Waals surface area contributed by atoms with Gasteiger partial charge < -0.3 is 16.0 Å². The van der Waals surface area contributed by atoms with E-state index in [0.29, 0.717) is 17.3 Å². The van der Waals surface area contributed by atoms with Crippen LogP contribution in [0.4, 0.5) is 17.1 Å². The Kier molecular flexibility index (Phi) is 5.09. The molecule has 0 aliphatic carbocycles. The van der Waals surface area contributed by atoms with Crippen LogP contribution in [0.3, 0.4) is 0 Å². The average molecular weight is 388 g/mol. The summed E-state index contributed by atoms with van der Waals surface area (Å²) in [5, 5.41) is 3.03. The van der Waals surface area contributed by atoms with Crippen molar-refractivity contribution in [1.29, 1.82) is 0 Å². The summed E-state index contributed by atoms with van der Waals surface area (Å²) >= 11 is 3.40. The normalized spacial score (nSPS) is 17.6. The molecule has 0 aromatic heterocycles. The van der Waals surface area contributed by atoms with E-state index in [9.17, 15) is 4.79 Å². The summed E-state index contributed by atoms with van der Waals surface area (Å²) < 4.78 is 0.882. The highest BCUT2D eigenvalue weighted by Gasteiger charge is 2.22. The van der Waals surface area contributed by atoms with E-state index in [-0.39, 0.29) is 5.91 Å². The molecular weight excluding hydrogens is 366 g/mol. The van der Waals surface area contributed by atoms with Crippen molar-refractivity contribution in [3.63, 3.8) is 0 Å². The quantitative estimate of drug-likeness (QED) is 0.752. The van der Waals surface area contributed by atoms with Crippen molar-refractivity contribution >= 4 is 38.9 Å². The molecule has 126 valence electrons. The van der Waals surface area contributed by atoms with Crippen LogP contribution in [0.1, 0.15) is 36.5 Å². The zero-order chi connectivity index (χ0) is 17.1. The van der Waals surface area contributed by atoms with E-state index in [1.807, 2.05) is 36.4 Å². The molecule has 1 heterocycles. The van der Waals surface area contributed by atoms with E-state index in [1.54, 1.807) is 6.07 Å². The standard InChI is InChI=1S/C19H22BrN3O/c1-13-5-2-3-10-23(13)18-9-8-16(21)12-17(18)22-19(24)14-6-4-7-15(20)11-14/h4,6-9,11-13H,2-3,5,10,21H2,1H3,(H,22,24). The molecule has 3 N–H and O–H groups in total. The molecule has 5 heteroatoms. The zero-order valence-corrected chi connectivity index (χ0v) is 15.3. The van der Waals surface area contributed by atoms with Crippen LogP contribution in [0.5, 0.6) is 0 Å². The van der Waals surface area contributed by atoms with Crippen LogP contribution < -0.4 is 16.0 Å². The number of halogens is 1. The maximum atomic E-state index is 12.6. The predicted octanol–water partition coefficient (Wildman–Crippen LogP) is 4.66. The number of nitrogens with zero attached hydrogens (tertiary/aromatic N) is 1. The van der Waals surface area contributed by atoms with Gasteiger partial charge in [0.1, 0.15) is 0 Å². The third-order valence-electron chi connectivity index (χ3n) is 4.47. The van der Waals surface area contributed by atoms with Crippen molar-refractivity contribution in [2.24, 2.45) is 0 Å². The molecule has 1 atom stereocenters. The molecule has 0 radical (unpaired) electrons. The van der Waals surface area contributed by atoms with E-state index in [4.69, 9.17) is 5.73 Å². The number of hydrogen-bond donors (Lipinski definition) is 2. The summed E-state index contributed by atoms with van der Waals surface area (Å²) in [6.45, 7) is 3.24. The number of nitrogens with one attached hydrogen (secondary N) is 1. The Balaban J connectivity index is 1.89. The van der Waals surface area contributed by atoms with Crippen LogP contribution in [0.25, 0.3) is 0 Å². The molecule has 1 saturated heterocycles. The van der Waals surface area contributed by atoms with Gasteiger partial charge in [0.2, 0.25) is 0 Å². The maximum Gasteiger partial charge on any atom is 0.255 e. The second-order valence-corrected chi connectivity index (χ2v) is 7.19. The topological polar surface area (TPSA) is 58.4 Å². The molecule has 2 aromatic rings. The molecule has 1 aliphatic rings. The summed E-state index contributed by atoms with van der Waals surface area (Å²) in [6, 6.07) is 13.6. The third-order valence-corrected chi connectivity index (χ3v) is 4.96. The highest BCUT2D eigenvalue weighted by Crippen LogP contribution is 2.33. The minimum absolute atomic E-state index is 0.132. The molecule has 2 aromatic carbocycles. The number of nitrogens with two attached hydrogens (primary N) is 1. The van der Waals surface area contributed by atoms with Crippen LogP contribution in [-0.4, -0.2) is 18.5 Å². The van der Waals surface area contributed by atoms with Gasteiger partial charge in [-0.1, -0.05) is 22.0 Å². The lowest BCUT2D eigenvalue weighted by Gasteiger charge is -2.36. The first-order valence-corrected chi connectivity index (χ1v) is 9.07. The monoisotopic (exact) mass is 387 g/mol. The van der Waals surface area contributed by atoms with Gasteiger partial charge in [-0.2, -0.15) is 0 Å². The van der Waals surface area contributed by atoms with Gasteiger partial charge in [-0.25, -0.2) is 0 Å². The van der Waals surface area contributed by atoms with Gasteiger partial charge in [0.15, 0.2) is 0 Å². The Morgan fingerprint density at radius 3 is 2.83 bits per heavy atom. The Morgan fingerprint density at radius 1 is 1.25 bits per heavy atom. The van der Waals surface area contributed by atoms with E-state index in [1.165, 1.54) is 19.3 Å². The lowest BCUT2D eigenvalue weighted by atomic mass is 10.0. The molecule has 1 aliphatic heterocycles. The minimum atomic E-state index is -0.132. The molecule has 3 rings (SSSR count). The number of amides is 1. The van der Waals surface area contributed by atoms with Gasteiger partial charge >= 0.3 is 0 Å². The molecule has 1 fully saturated rings. The number of hydrogen-bond acceptors (Lipinski definition) is 3. The predicted molar refractivity (Wildman–Crippen MR) is 104 cm³/mol. The van der Waals surface area contributed by atoms with Crippen LogP contribution >= 0.6 is 15.9 Å². The summed E-state index contributed by atoms with van der Waals surface area (Å²) in [6.07, 6.45) is 3.60. The van der Waals surface area contributed by atoms with Crippen molar-refractivity contribution in [3.8, 4) is 0 Å². The number of benzene rings is 2. The Labute approximate surface area is 151 Å². The summed E-state index contributed by atoms with van der Waals surface area (Å²) in [7, 11) is 0. The summed E-state index contributed by atoms with van der Waals surface area (Å²) in [5.74, 6) is -0.132. The van der Waals surface area contributed by atoms with Crippen molar-refractivity contribution in [2.45, 2.75) is 32.2 Å². The number of carbonyl (C=O) groups excluding carboxylic acids is 1. The highest BCUT2D eigenvalue weighted by molar-refractivity contribution is 9.10. The van der Waals surface area contributed by atoms with Gasteiger partial charge in [0, 0.05) is 28.3 Å². The first-order valence-electron chi connectivity index (χ1n) is 8.27. The van der Waals surface area contributed by atoms with Gasteiger partial charge in [0.25, 0.3) is 5.91 Å². The number of piperidine rings is 1. The number of anilines is 3. The fourth-order valence-corrected chi connectivity index (χ4v) is 3.58. The maximum absolute atomic E-state index is 12.6. The van der Waals surface area contributed by atoms with E-state index in [2.05, 4.69) is 33.1 Å². The molecule has 0 spiro atoms. The second kappa shape index (κ2) is 7.26. The van der Waals surface area contributed by atoms with Crippen molar-refractivity contribution in [2.75, 3.05) is 22.5 Å². The molecule has 24 heavy (non-hydrogen) atoms. The molecule has 1 unspecified atom stereocenters. The van der Waals surface area contributed by atoms with Gasteiger partial charge in [-0.05, 0) is 62.6 Å². The van der Waals surface area contributed by atoms with Crippen LogP contribution in [0, 0.1) is 0 Å². The van der Waals surface area contributed by atoms with Crippen LogP contribution in [0.2, 0.25) is 0 Å². The fourth-order valence-electron chi connectivity index (χ4n) is 3.18. The van der Waals surface area contributed by atoms with E-state index < -0.39 is 0 Å². The van der Waals surface area contributed by atoms with Crippen LogP contribution in [-0.2, 0) is 0 Å². The SMILES string of the molecule is CC1CCCCN1c1ccc(N)cc1NC(=O)c1cccc(Br)c1. The summed E-state index contributed by atoms with van der Waals surface area (Å²) in [5.41, 5.74) is 9.03. The molecule has 0 saturated carbocycles. The van der Waals surface area contributed by atoms with Crippen LogP contribution in [0.15, 0.2) is 46.9 Å². The summed E-state index contributed by atoms with van der Waals surface area (Å²) in [4.78, 5) is 15.0. The molecule has 4 nitrogen and oxygen atoms in total. The number of nitrogen functional groups attached to an aromatic ring is 1. The van der Waals surface area contributed by atoms with E-state index in [0.717, 1.165) is 22.4 Å². The first kappa shape index (κ1) is 16.8. The molecule has 0 bridgehead atoms. The Morgan fingerprint density at radius 2 is 2.08 bits per heavy atom. The lowest BCUT2D eigenvalue weighted by molar-refractivity contribution is 0.102. The minimum Gasteiger partial charge on any atom is -0.399 e. The van der Waals surface area contributed by atoms with Crippen molar-refractivity contribution in [1.82, 2.24) is 0 Å². The smallest absolute Gasteiger partial charge is 0.255 e. The lowest BCUT2D eigenvalue weighted by Crippen LogP contribution is -2.38. The van der Waals surface area contributed by atoms with Crippen molar-refractivity contribution < 1.29 is 4.79 Å². The third kappa shape index (κ3) is 3.73. The number of rotatable bonds is 3. The Bertz CT molecular complexity index is 747. The zero-order valence-electron chi connectivity index (χ0n) is 13.8. The highest BCUT2D eigenvalue weighted by atomic mass is 79.9. The van der Waals surface area contributed by atoms with Crippen molar-refractivity contribution in [3.05, 3.63) is 52.5 Å². The van der Waals surface area contributed by atoms with Gasteiger partial charge in [0.05, 0.1) is 11.4 Å². The molecule has 1 amide bonds. The van der Waals surface area contributed by atoms with E-state index >= 15 is 0 Å². The first-order chi connectivity index (χ1) is 11.5. The van der Waals surface area contributed by atoms with Gasteiger partial charge in [-0.3, -0.25) is 4.79 Å². The second-order valence-electron chi connectivity index (χ2n) is 6.28. The Hall–Kier alpha value is -2.01. The number of carbonyl (C=O) groups is 1. The van der Waals surface area contributed by atoms with Gasteiger partial charge in [-0.15, -0.1) is 0 Å². The largest absolute Gasteiger partial charge is 0.399 e. The fraction of sp³-hybridized carbons (Fsp3) is 0.316. The average Bonchev–Trinajstić information content (AvgIpc) is 2.56. The molecular formula is C19H22BrN3O.